The summed E-state index contributed by atoms with van der Waals surface area (Å²) in [7, 11) is 0. The monoisotopic (exact) mass is 785 g/mol. The number of nitrogens with zero attached hydrogens (tertiary/aromatic N) is 1. The molecule has 0 aliphatic carbocycles. The predicted octanol–water partition coefficient (Wildman–Crippen LogP) is 4.95. The molecule has 0 unspecified atom stereocenters. The van der Waals surface area contributed by atoms with Gasteiger partial charge in [-0.25, -0.2) is 0 Å². The van der Waals surface area contributed by atoms with E-state index in [9.17, 15) is 19.5 Å². The van der Waals surface area contributed by atoms with Crippen LogP contribution < -0.4 is 10.2 Å². The smallest absolute Gasteiger partial charge is 0.303 e. The molecule has 2 aromatic rings. The fourth-order valence-corrected chi connectivity index (χ4v) is 4.87. The van der Waals surface area contributed by atoms with Gasteiger partial charge in [0.25, 0.3) is 5.91 Å². The summed E-state index contributed by atoms with van der Waals surface area (Å²) in [5.41, 5.74) is 3.74. The minimum Gasteiger partial charge on any atom is -0.481 e. The molecule has 3 rings (SSSR count). The number of ether oxygens (including phenoxy) is 1. The minimum atomic E-state index is -1.07. The van der Waals surface area contributed by atoms with Crippen molar-refractivity contribution in [1.29, 1.82) is 0 Å². The quantitative estimate of drug-likeness (QED) is 0.263. The van der Waals surface area contributed by atoms with Gasteiger partial charge in [0.15, 0.2) is 0 Å². The molecule has 2 aromatic carbocycles. The summed E-state index contributed by atoms with van der Waals surface area (Å²) < 4.78 is 6.51. The van der Waals surface area contributed by atoms with E-state index < -0.39 is 23.6 Å². The second-order valence-electron chi connectivity index (χ2n) is 11.0. The number of aliphatic carboxylic acids is 1. The van der Waals surface area contributed by atoms with Crippen molar-refractivity contribution in [1.82, 2.24) is 5.32 Å². The fraction of sp³-hybridized carbons (Fsp3) is 0.500. The molecule has 0 aromatic heterocycles. The molecule has 0 bridgehead atoms. The number of halogens is 1. The van der Waals surface area contributed by atoms with Gasteiger partial charge in [0.2, 0.25) is 5.91 Å². The summed E-state index contributed by atoms with van der Waals surface area (Å²) >= 11 is 6.43. The van der Waals surface area contributed by atoms with Crippen LogP contribution in [0.5, 0.6) is 0 Å². The van der Waals surface area contributed by atoms with Crippen LogP contribution >= 0.6 is 11.6 Å². The number of fused-ring (bicyclic) bond motifs is 1. The molecule has 40 heavy (non-hydrogen) atoms. The third kappa shape index (κ3) is 9.26. The first-order valence-corrected chi connectivity index (χ1v) is 13.7. The average Bonchev–Trinajstić information content (AvgIpc) is 2.98. The predicted molar refractivity (Wildman–Crippen MR) is 151 cm³/mol. The number of aliphatic hydroxyl groups is 1. The Bertz CT molecular complexity index is 1200. The molecule has 10 heteroatoms. The maximum Gasteiger partial charge on any atom is 0.303 e. The van der Waals surface area contributed by atoms with Gasteiger partial charge in [0, 0.05) is 91.9 Å². The number of hydrogen-bond acceptors (Lipinski definition) is 5. The summed E-state index contributed by atoms with van der Waals surface area (Å²) in [6, 6.07) is 11.2. The van der Waals surface area contributed by atoms with E-state index in [-0.39, 0.29) is 81.9 Å². The third-order valence-electron chi connectivity index (χ3n) is 7.11. The van der Waals surface area contributed by atoms with Crippen LogP contribution in [0.3, 0.4) is 0 Å². The van der Waals surface area contributed by atoms with Crippen molar-refractivity contribution in [3.8, 4) is 0 Å². The Kier molecular flexibility index (Phi) is 13.6. The largest absolute Gasteiger partial charge is 0.481 e. The van der Waals surface area contributed by atoms with Crippen molar-refractivity contribution < 1.29 is 73.4 Å². The molecule has 215 valence electrons. The van der Waals surface area contributed by atoms with E-state index >= 15 is 0 Å². The Hall–Kier alpha value is -1.50. The summed E-state index contributed by atoms with van der Waals surface area (Å²) in [4.78, 5) is 39.2. The SMILES string of the molecule is Cc1cccc([C@H]2O[C@H](CC(=O)NCCCCCC(=O)O)C(=O)N(CC(C)(C)CO)c3ccc(Cl)cc32)c1C.[Ac]. The molecule has 2 atom stereocenters. The molecule has 2 amide bonds. The molecule has 0 spiro atoms. The zero-order valence-corrected chi connectivity index (χ0v) is 29.2. The summed E-state index contributed by atoms with van der Waals surface area (Å²) in [5, 5.41) is 22.1. The molecule has 1 radical (unpaired) electrons. The van der Waals surface area contributed by atoms with E-state index in [1.165, 1.54) is 0 Å². The molecule has 1 heterocycles. The molecule has 0 saturated carbocycles. The number of rotatable bonds is 12. The van der Waals surface area contributed by atoms with Crippen molar-refractivity contribution >= 4 is 35.1 Å². The number of anilines is 1. The molecule has 0 saturated heterocycles. The van der Waals surface area contributed by atoms with Gasteiger partial charge >= 0.3 is 5.97 Å². The minimum absolute atomic E-state index is 0. The van der Waals surface area contributed by atoms with Crippen LogP contribution in [-0.2, 0) is 19.1 Å². The summed E-state index contributed by atoms with van der Waals surface area (Å²) in [6.45, 7) is 8.24. The van der Waals surface area contributed by atoms with Crippen molar-refractivity contribution in [2.24, 2.45) is 5.41 Å². The first-order valence-electron chi connectivity index (χ1n) is 13.4. The Balaban J connectivity index is 0.00000560. The Morgan fingerprint density at radius 1 is 1.10 bits per heavy atom. The van der Waals surface area contributed by atoms with Crippen LogP contribution in [-0.4, -0.2) is 53.8 Å². The van der Waals surface area contributed by atoms with E-state index in [1.807, 2.05) is 45.9 Å². The first-order chi connectivity index (χ1) is 18.4. The number of benzene rings is 2. The Morgan fingerprint density at radius 2 is 1.82 bits per heavy atom. The van der Waals surface area contributed by atoms with Gasteiger partial charge in [0.05, 0.1) is 6.42 Å². The van der Waals surface area contributed by atoms with Gasteiger partial charge in [-0.2, -0.15) is 0 Å². The molecule has 8 nitrogen and oxygen atoms in total. The van der Waals surface area contributed by atoms with Crippen molar-refractivity contribution in [3.63, 3.8) is 0 Å². The van der Waals surface area contributed by atoms with E-state index in [0.717, 1.165) is 22.3 Å². The summed E-state index contributed by atoms with van der Waals surface area (Å²) in [5.74, 6) is -1.51. The van der Waals surface area contributed by atoms with E-state index in [2.05, 4.69) is 5.32 Å². The van der Waals surface area contributed by atoms with E-state index in [4.69, 9.17) is 21.4 Å². The summed E-state index contributed by atoms with van der Waals surface area (Å²) in [6.07, 6.45) is 0.0882. The van der Waals surface area contributed by atoms with Crippen LogP contribution in [0.15, 0.2) is 36.4 Å². The van der Waals surface area contributed by atoms with Gasteiger partial charge < -0.3 is 25.2 Å². The van der Waals surface area contributed by atoms with Gasteiger partial charge in [-0.1, -0.05) is 50.1 Å². The molecule has 1 aliphatic heterocycles. The number of aryl methyl sites for hydroxylation is 1. The van der Waals surface area contributed by atoms with Crippen molar-refractivity contribution in [2.45, 2.75) is 72.0 Å². The second-order valence-corrected chi connectivity index (χ2v) is 11.4. The van der Waals surface area contributed by atoms with Crippen LogP contribution in [0.2, 0.25) is 5.02 Å². The Labute approximate surface area is 277 Å². The molecule has 1 aliphatic rings. The second kappa shape index (κ2) is 15.7. The number of hydrogen-bond donors (Lipinski definition) is 3. The Morgan fingerprint density at radius 3 is 2.50 bits per heavy atom. The van der Waals surface area contributed by atoms with Gasteiger partial charge in [-0.15, -0.1) is 0 Å². The van der Waals surface area contributed by atoms with E-state index in [0.29, 0.717) is 36.5 Å². The fourth-order valence-electron chi connectivity index (χ4n) is 4.69. The normalized spacial score (nSPS) is 17.1. The first kappa shape index (κ1) is 34.7. The molecule has 3 N–H and O–H groups in total. The topological polar surface area (TPSA) is 116 Å². The average molecular weight is 786 g/mol. The van der Waals surface area contributed by atoms with E-state index in [1.54, 1.807) is 23.1 Å². The number of unbranched alkanes of at least 4 members (excludes halogenated alkanes) is 2. The van der Waals surface area contributed by atoms with Crippen LogP contribution in [0.4, 0.5) is 5.69 Å². The third-order valence-corrected chi connectivity index (χ3v) is 7.34. The maximum atomic E-state index is 14.0. The molecular weight excluding hydrogens is 747 g/mol. The van der Waals surface area contributed by atoms with Gasteiger partial charge in [-0.05, 0) is 61.6 Å². The maximum absolute atomic E-state index is 14.0. The van der Waals surface area contributed by atoms with Crippen LogP contribution in [0.1, 0.15) is 74.3 Å². The number of amides is 2. The standard InChI is InChI=1S/C30H39ClN2O6.Ac/c1-19-9-8-10-22(20(19)2)28-23-15-21(31)12-13-24(23)33(17-30(3,4)18-34)29(38)25(39-28)16-26(35)32-14-7-5-6-11-27(36)37;/h8-10,12-13,15,25,28,34H,5-7,11,14,16-18H2,1-4H3,(H,32,35)(H,36,37);/t25-,28-;/m1./s1. The number of carboxylic acid groups (broad SMARTS) is 1. The molecular formula is C30H39AcClN2O6. The van der Waals surface area contributed by atoms with Crippen LogP contribution in [0, 0.1) is 63.3 Å². The van der Waals surface area contributed by atoms with Crippen molar-refractivity contribution in [3.05, 3.63) is 63.7 Å². The number of carbonyl (C=O) groups excluding carboxylic acids is 2. The van der Waals surface area contributed by atoms with Crippen molar-refractivity contribution in [2.75, 3.05) is 24.6 Å². The van der Waals surface area contributed by atoms with Crippen LogP contribution in [0.25, 0.3) is 0 Å². The number of carbonyl (C=O) groups is 3. The number of carboxylic acids is 1. The molecule has 0 fully saturated rings. The van der Waals surface area contributed by atoms with Gasteiger partial charge in [-0.3, -0.25) is 14.4 Å². The van der Waals surface area contributed by atoms with Gasteiger partial charge in [0.1, 0.15) is 12.2 Å². The zero-order valence-electron chi connectivity index (χ0n) is 23.7. The number of nitrogens with one attached hydrogen (secondary N) is 1. The zero-order chi connectivity index (χ0) is 28.7. The number of aliphatic hydroxyl groups excluding tert-OH is 1.